The number of methoxy groups -OCH3 is 1. The van der Waals surface area contributed by atoms with Gasteiger partial charge in [0.25, 0.3) is 17.2 Å². The van der Waals surface area contributed by atoms with Gasteiger partial charge in [-0.3, -0.25) is 29.0 Å². The average molecular weight is 730 g/mol. The van der Waals surface area contributed by atoms with E-state index in [-0.39, 0.29) is 22.8 Å². The van der Waals surface area contributed by atoms with Crippen LogP contribution >= 0.6 is 15.6 Å². The molecule has 0 aliphatic carbocycles. The summed E-state index contributed by atoms with van der Waals surface area (Å²) in [6.45, 7) is 2.13. The van der Waals surface area contributed by atoms with Gasteiger partial charge in [0.15, 0.2) is 18.5 Å². The van der Waals surface area contributed by atoms with Crippen molar-refractivity contribution in [3.8, 4) is 0 Å². The summed E-state index contributed by atoms with van der Waals surface area (Å²) in [5.74, 6) is -0.223. The molecule has 4 aromatic rings. The Morgan fingerprint density at radius 3 is 2.55 bits per heavy atom. The minimum atomic E-state index is -5.31. The summed E-state index contributed by atoms with van der Waals surface area (Å²) >= 11 is 0. The average Bonchev–Trinajstić information content (AvgIpc) is 3.74. The molecular weight excluding hydrogens is 698 g/mol. The zero-order valence-electron chi connectivity index (χ0n) is 26.1. The molecule has 4 heterocycles. The van der Waals surface area contributed by atoms with Gasteiger partial charge < -0.3 is 34.5 Å². The highest BCUT2D eigenvalue weighted by Gasteiger charge is 2.53. The number of phosphoric acid groups is 1. The van der Waals surface area contributed by atoms with Crippen LogP contribution < -0.4 is 15.9 Å². The van der Waals surface area contributed by atoms with Crippen molar-refractivity contribution >= 4 is 44.5 Å². The topological polar surface area (TPSA) is 289 Å². The van der Waals surface area contributed by atoms with Crippen LogP contribution in [0.15, 0.2) is 54.1 Å². The van der Waals surface area contributed by atoms with Crippen molar-refractivity contribution in [1.82, 2.24) is 23.9 Å². The number of nitrogens with two attached hydrogens (primary N) is 1. The molecule has 0 radical (unpaired) electrons. The molecule has 0 amide bonds. The molecule has 1 saturated heterocycles. The maximum absolute atomic E-state index is 13.2. The lowest BCUT2D eigenvalue weighted by atomic mass is 9.98. The van der Waals surface area contributed by atoms with Crippen LogP contribution in [-0.4, -0.2) is 76.8 Å². The molecule has 3 unspecified atom stereocenters. The van der Waals surface area contributed by atoms with E-state index >= 15 is 0 Å². The molecule has 0 bridgehead atoms. The number of nitro benzene ring substituents is 1. The number of aryl methyl sites for hydroxylation is 1. The van der Waals surface area contributed by atoms with Crippen LogP contribution in [0.25, 0.3) is 11.2 Å². The lowest BCUT2D eigenvalue weighted by molar-refractivity contribution is -0.746. The Bertz CT molecular complexity index is 2020. The number of H-pyrrole nitrogens is 1. The molecule has 5 N–H and O–H groups in total. The van der Waals surface area contributed by atoms with Crippen LogP contribution in [0.5, 0.6) is 0 Å². The van der Waals surface area contributed by atoms with Crippen molar-refractivity contribution in [1.29, 1.82) is 0 Å². The van der Waals surface area contributed by atoms with Gasteiger partial charge in [0.1, 0.15) is 18.0 Å². The Morgan fingerprint density at radius 2 is 1.94 bits per heavy atom. The Kier molecular flexibility index (Phi) is 9.79. The number of ether oxygens (including phenoxy) is 4. The summed E-state index contributed by atoms with van der Waals surface area (Å²) in [7, 11) is -7.46. The first kappa shape index (κ1) is 35.8. The number of hydrogen-bond donors (Lipinski definition) is 4. The summed E-state index contributed by atoms with van der Waals surface area (Å²) in [5, 5.41) is 11.1. The first-order valence-corrected chi connectivity index (χ1v) is 17.0. The van der Waals surface area contributed by atoms with Crippen LogP contribution in [-0.2, 0) is 49.6 Å². The van der Waals surface area contributed by atoms with E-state index in [1.807, 2.05) is 0 Å². The molecule has 5 rings (SSSR count). The predicted octanol–water partition coefficient (Wildman–Crippen LogP) is 1.39. The number of benzene rings is 1. The van der Waals surface area contributed by atoms with Crippen LogP contribution in [0, 0.1) is 10.1 Å². The normalized spacial score (nSPS) is 22.0. The van der Waals surface area contributed by atoms with Crippen molar-refractivity contribution < 1.29 is 61.0 Å². The first-order valence-electron chi connectivity index (χ1n) is 14.0. The maximum atomic E-state index is 13.2. The second kappa shape index (κ2) is 13.4. The van der Waals surface area contributed by atoms with Crippen LogP contribution in [0.1, 0.15) is 25.6 Å². The first-order chi connectivity index (χ1) is 22.9. The number of rotatable bonds is 12. The van der Waals surface area contributed by atoms with Crippen molar-refractivity contribution in [3.05, 3.63) is 75.3 Å². The molecular formula is C25H31N8O14P2+. The van der Waals surface area contributed by atoms with E-state index in [1.54, 1.807) is 7.05 Å². The number of non-ortho nitro benzene ring substituents is 1. The zero-order valence-corrected chi connectivity index (χ0v) is 27.9. The van der Waals surface area contributed by atoms with Gasteiger partial charge in [-0.15, -0.1) is 0 Å². The minimum Gasteiger partial charge on any atom is -0.425 e. The fourth-order valence-electron chi connectivity index (χ4n) is 5.07. The number of aromatic amines is 1. The molecule has 1 aromatic carbocycles. The molecule has 0 spiro atoms. The second-order valence-electron chi connectivity index (χ2n) is 11.1. The highest BCUT2D eigenvalue weighted by molar-refractivity contribution is 7.63. The van der Waals surface area contributed by atoms with Gasteiger partial charge in [-0.2, -0.15) is 4.31 Å². The Balaban J connectivity index is 1.43. The number of nitrogen functional groups attached to an aromatic ring is 1. The van der Waals surface area contributed by atoms with Crippen molar-refractivity contribution in [2.75, 3.05) is 19.5 Å². The maximum Gasteiger partial charge on any atom is 0.509 e. The molecule has 24 heteroatoms. The summed E-state index contributed by atoms with van der Waals surface area (Å²) in [6.07, 6.45) is -2.18. The monoisotopic (exact) mass is 729 g/mol. The molecule has 1 fully saturated rings. The molecule has 49 heavy (non-hydrogen) atoms. The smallest absolute Gasteiger partial charge is 0.425 e. The van der Waals surface area contributed by atoms with E-state index in [0.29, 0.717) is 9.90 Å². The Morgan fingerprint density at radius 1 is 1.24 bits per heavy atom. The zero-order chi connectivity index (χ0) is 35.9. The van der Waals surface area contributed by atoms with Gasteiger partial charge in [0.05, 0.1) is 18.6 Å². The number of fused-ring (bicyclic) bond motifs is 1. The predicted molar refractivity (Wildman–Crippen MR) is 162 cm³/mol. The molecule has 6 atom stereocenters. The molecule has 1 aliphatic rings. The van der Waals surface area contributed by atoms with Gasteiger partial charge in [0.2, 0.25) is 11.7 Å². The van der Waals surface area contributed by atoms with Crippen molar-refractivity contribution in [2.24, 2.45) is 7.05 Å². The number of imidazole rings is 2. The van der Waals surface area contributed by atoms with Crippen molar-refractivity contribution in [3.63, 3.8) is 0 Å². The number of nitro groups is 1. The number of carbonyl (C=O) groups is 1. The summed E-state index contributed by atoms with van der Waals surface area (Å²) in [6, 6.07) is 5.26. The van der Waals surface area contributed by atoms with E-state index in [4.69, 9.17) is 29.2 Å². The van der Waals surface area contributed by atoms with Gasteiger partial charge >= 0.3 is 27.4 Å². The van der Waals surface area contributed by atoms with Gasteiger partial charge in [-0.05, 0) is 31.5 Å². The number of anilines is 1. The number of nitrogens with one attached hydrogen (secondary N) is 1. The molecule has 1 aliphatic heterocycles. The van der Waals surface area contributed by atoms with E-state index in [1.165, 1.54) is 60.7 Å². The van der Waals surface area contributed by atoms with E-state index in [9.17, 15) is 38.6 Å². The van der Waals surface area contributed by atoms with Crippen LogP contribution in [0.3, 0.4) is 0 Å². The largest absolute Gasteiger partial charge is 0.509 e. The van der Waals surface area contributed by atoms with Gasteiger partial charge in [-0.25, -0.2) is 27.8 Å². The molecule has 0 saturated carbocycles. The SMILES string of the molecule is COC1[C@@H](OC(=O)OC(C)(C)c2ccc([N+](=O)[O-])cc2)[C@@H](COP(=O)(O)OP(=O)(O)n2ccnc2)O[C@H]1[n+]1cn(C)c2c(=O)[nH]c(N)nc21. The van der Waals surface area contributed by atoms with E-state index < -0.39 is 69.0 Å². The summed E-state index contributed by atoms with van der Waals surface area (Å²) < 4.78 is 61.1. The number of nitrogens with zero attached hydrogens (tertiary/aromatic N) is 6. The summed E-state index contributed by atoms with van der Waals surface area (Å²) in [4.78, 5) is 67.0. The number of carbonyl (C=O) groups excluding carboxylic acids is 1. The highest BCUT2D eigenvalue weighted by Crippen LogP contribution is 2.60. The standard InChI is InChI=1S/C25H30N8O14P2/c1-25(2,14-5-7-15(8-6-14)33(36)37)46-24(35)45-18-16(11-43-49(40,41)47-48(38,39)31-10-9-27-12-31)44-22(19(18)42-4)32-13-30(3)17-20(32)28-23(26)29-21(17)34/h5-10,12-13,16,18-19,22H,11H2,1-4H3,(H4-,26,28,29,34,38,39,40,41)/p+1/t16-,18+,19?,22-/m1/s1. The highest BCUT2D eigenvalue weighted by atomic mass is 31.3. The third-order valence-corrected chi connectivity index (χ3v) is 10.3. The van der Waals surface area contributed by atoms with E-state index in [2.05, 4.69) is 19.3 Å². The number of aromatic nitrogens is 6. The van der Waals surface area contributed by atoms with Gasteiger partial charge in [-0.1, -0.05) is 4.98 Å². The van der Waals surface area contributed by atoms with Gasteiger partial charge in [0, 0.05) is 31.6 Å². The van der Waals surface area contributed by atoms with Crippen molar-refractivity contribution in [2.45, 2.75) is 44.0 Å². The third kappa shape index (κ3) is 7.56. The van der Waals surface area contributed by atoms with Crippen LogP contribution in [0.2, 0.25) is 0 Å². The Hall–Kier alpha value is -4.53. The molecule has 3 aromatic heterocycles. The fourth-order valence-corrected chi connectivity index (χ4v) is 7.43. The Labute approximate surface area is 275 Å². The number of phosphoric ester groups is 1. The minimum absolute atomic E-state index is 0.0377. The molecule has 264 valence electrons. The summed E-state index contributed by atoms with van der Waals surface area (Å²) in [5.41, 5.74) is 4.14. The third-order valence-electron chi connectivity index (χ3n) is 7.36. The quantitative estimate of drug-likeness (QED) is 0.0526. The lowest BCUT2D eigenvalue weighted by Gasteiger charge is -2.28. The fraction of sp³-hybridized carbons (Fsp3) is 0.400. The lowest BCUT2D eigenvalue weighted by Crippen LogP contribution is -2.48. The number of hydrogen-bond acceptors (Lipinski definition) is 15. The van der Waals surface area contributed by atoms with E-state index in [0.717, 1.165) is 18.7 Å². The molecule has 22 nitrogen and oxygen atoms in total. The second-order valence-corrected chi connectivity index (χ2v) is 14.3. The van der Waals surface area contributed by atoms with Crippen LogP contribution in [0.4, 0.5) is 16.4 Å².